The Morgan fingerprint density at radius 1 is 1.50 bits per heavy atom. The van der Waals surface area contributed by atoms with Crippen molar-refractivity contribution >= 4 is 39.1 Å². The fraction of sp³-hybridized carbons (Fsp3) is 0.200. The Morgan fingerprint density at radius 2 is 2.17 bits per heavy atom. The lowest BCUT2D eigenvalue weighted by molar-refractivity contribution is -0.137. The average Bonchev–Trinajstić information content (AvgIpc) is 2.53. The summed E-state index contributed by atoms with van der Waals surface area (Å²) in [6.45, 7) is -0.267. The minimum absolute atomic E-state index is 0.161. The van der Waals surface area contributed by atoms with Gasteiger partial charge in [-0.25, -0.2) is 8.42 Å². The first kappa shape index (κ1) is 12.8. The van der Waals surface area contributed by atoms with Gasteiger partial charge in [-0.05, 0) is 30.4 Å². The Hall–Kier alpha value is -1.67. The van der Waals surface area contributed by atoms with Crippen LogP contribution in [0.2, 0.25) is 0 Å². The highest BCUT2D eigenvalue weighted by Gasteiger charge is 2.12. The van der Waals surface area contributed by atoms with E-state index in [1.54, 1.807) is 6.07 Å². The highest BCUT2D eigenvalue weighted by molar-refractivity contribution is 7.90. The quantitative estimate of drug-likeness (QED) is 0.827. The first-order valence-electron chi connectivity index (χ1n) is 4.93. The molecule has 1 aromatic carbocycles. The highest BCUT2D eigenvalue weighted by Crippen LogP contribution is 2.19. The molecule has 0 spiro atoms. The number of nitrogens with zero attached hydrogens (tertiary/aromatic N) is 1. The minimum atomic E-state index is -3.30. The molecule has 1 heterocycles. The molecule has 8 heteroatoms. The summed E-state index contributed by atoms with van der Waals surface area (Å²) in [6.07, 6.45) is 1.11. The number of carboxylic acids is 1. The van der Waals surface area contributed by atoms with Gasteiger partial charge < -0.3 is 14.7 Å². The van der Waals surface area contributed by atoms with Gasteiger partial charge in [-0.2, -0.15) is 0 Å². The summed E-state index contributed by atoms with van der Waals surface area (Å²) < 4.78 is 24.5. The summed E-state index contributed by atoms with van der Waals surface area (Å²) in [6, 6.07) is 4.42. The van der Waals surface area contributed by atoms with Gasteiger partial charge in [0.2, 0.25) is 0 Å². The van der Waals surface area contributed by atoms with Crippen molar-refractivity contribution < 1.29 is 18.3 Å². The molecule has 18 heavy (non-hydrogen) atoms. The third-order valence-corrected chi connectivity index (χ3v) is 3.90. The van der Waals surface area contributed by atoms with E-state index in [-0.39, 0.29) is 16.2 Å². The predicted octanol–water partition coefficient (Wildman–Crippen LogP) is 1.19. The number of aromatic nitrogens is 2. The van der Waals surface area contributed by atoms with Crippen LogP contribution in [0.5, 0.6) is 0 Å². The second kappa shape index (κ2) is 4.21. The molecular formula is C10H10N2O4S2. The normalized spacial score (nSPS) is 11.8. The number of carboxylic acid groups (broad SMARTS) is 1. The average molecular weight is 286 g/mol. The SMILES string of the molecule is CS(=O)(=O)c1ccc2c(c1)[nH]c(=S)n2CC(=O)O. The Morgan fingerprint density at radius 3 is 2.72 bits per heavy atom. The van der Waals surface area contributed by atoms with E-state index >= 15 is 0 Å². The van der Waals surface area contributed by atoms with Crippen LogP contribution in [-0.4, -0.2) is 35.3 Å². The largest absolute Gasteiger partial charge is 0.480 e. The Balaban J connectivity index is 2.69. The maximum absolute atomic E-state index is 11.4. The van der Waals surface area contributed by atoms with Crippen molar-refractivity contribution in [2.75, 3.05) is 6.26 Å². The van der Waals surface area contributed by atoms with E-state index < -0.39 is 15.8 Å². The lowest BCUT2D eigenvalue weighted by atomic mass is 10.3. The van der Waals surface area contributed by atoms with E-state index in [9.17, 15) is 13.2 Å². The molecule has 0 radical (unpaired) electrons. The Kier molecular flexibility index (Phi) is 2.99. The van der Waals surface area contributed by atoms with Gasteiger partial charge in [-0.15, -0.1) is 0 Å². The molecule has 0 saturated carbocycles. The van der Waals surface area contributed by atoms with Crippen LogP contribution in [0, 0.1) is 4.77 Å². The summed E-state index contributed by atoms with van der Waals surface area (Å²) in [4.78, 5) is 13.7. The van der Waals surface area contributed by atoms with Gasteiger partial charge in [0.05, 0.1) is 15.9 Å². The molecular weight excluding hydrogens is 276 g/mol. The molecule has 2 aromatic rings. The number of sulfone groups is 1. The number of fused-ring (bicyclic) bond motifs is 1. The number of imidazole rings is 1. The second-order valence-corrected chi connectivity index (χ2v) is 6.26. The Labute approximate surface area is 108 Å². The molecule has 0 aliphatic heterocycles. The molecule has 6 nitrogen and oxygen atoms in total. The Bertz CT molecular complexity index is 786. The zero-order valence-corrected chi connectivity index (χ0v) is 11.0. The lowest BCUT2D eigenvalue weighted by Crippen LogP contribution is -2.08. The minimum Gasteiger partial charge on any atom is -0.480 e. The highest BCUT2D eigenvalue weighted by atomic mass is 32.2. The summed E-state index contributed by atoms with van der Waals surface area (Å²) in [5, 5.41) is 8.78. The van der Waals surface area contributed by atoms with E-state index in [1.807, 2.05) is 0 Å². The van der Waals surface area contributed by atoms with Crippen LogP contribution in [-0.2, 0) is 21.2 Å². The number of H-pyrrole nitrogens is 1. The number of aromatic amines is 1. The van der Waals surface area contributed by atoms with Gasteiger partial charge in [0, 0.05) is 6.26 Å². The molecule has 0 aliphatic carbocycles. The van der Waals surface area contributed by atoms with Crippen molar-refractivity contribution in [3.63, 3.8) is 0 Å². The van der Waals surface area contributed by atoms with E-state index in [4.69, 9.17) is 17.3 Å². The predicted molar refractivity (Wildman–Crippen MR) is 67.9 cm³/mol. The third-order valence-electron chi connectivity index (χ3n) is 2.47. The van der Waals surface area contributed by atoms with Crippen LogP contribution < -0.4 is 0 Å². The molecule has 0 unspecified atom stereocenters. The smallest absolute Gasteiger partial charge is 0.323 e. The van der Waals surface area contributed by atoms with Crippen molar-refractivity contribution in [3.05, 3.63) is 23.0 Å². The molecule has 0 fully saturated rings. The second-order valence-electron chi connectivity index (χ2n) is 3.86. The van der Waals surface area contributed by atoms with E-state index in [2.05, 4.69) is 4.98 Å². The number of carbonyl (C=O) groups is 1. The summed E-state index contributed by atoms with van der Waals surface area (Å²) in [5.41, 5.74) is 1.07. The number of rotatable bonds is 3. The van der Waals surface area contributed by atoms with Gasteiger partial charge in [0.1, 0.15) is 6.54 Å². The fourth-order valence-corrected chi connectivity index (χ4v) is 2.59. The standard InChI is InChI=1S/C10H10N2O4S2/c1-18(15,16)6-2-3-8-7(4-6)11-10(17)12(8)5-9(13)14/h2-4H,5H2,1H3,(H,11,17)(H,13,14). The van der Waals surface area contributed by atoms with Gasteiger partial charge in [-0.1, -0.05) is 0 Å². The molecule has 0 bridgehead atoms. The van der Waals surface area contributed by atoms with Gasteiger partial charge in [0.25, 0.3) is 0 Å². The first-order chi connectivity index (χ1) is 8.29. The fourth-order valence-electron chi connectivity index (χ4n) is 1.67. The number of hydrogen-bond acceptors (Lipinski definition) is 4. The zero-order valence-electron chi connectivity index (χ0n) is 9.37. The van der Waals surface area contributed by atoms with Crippen molar-refractivity contribution in [2.45, 2.75) is 11.4 Å². The van der Waals surface area contributed by atoms with E-state index in [1.165, 1.54) is 16.7 Å². The van der Waals surface area contributed by atoms with Crippen molar-refractivity contribution in [1.29, 1.82) is 0 Å². The molecule has 2 rings (SSSR count). The van der Waals surface area contributed by atoms with Crippen LogP contribution in [0.1, 0.15) is 0 Å². The van der Waals surface area contributed by atoms with E-state index in [0.717, 1.165) is 6.26 Å². The molecule has 0 aliphatic rings. The van der Waals surface area contributed by atoms with Crippen molar-refractivity contribution in [3.8, 4) is 0 Å². The van der Waals surface area contributed by atoms with E-state index in [0.29, 0.717) is 11.0 Å². The summed E-state index contributed by atoms with van der Waals surface area (Å²) in [7, 11) is -3.30. The molecule has 96 valence electrons. The number of nitrogens with one attached hydrogen (secondary N) is 1. The number of aliphatic carboxylic acids is 1. The zero-order chi connectivity index (χ0) is 13.5. The topological polar surface area (TPSA) is 92.2 Å². The van der Waals surface area contributed by atoms with Crippen LogP contribution in [0.15, 0.2) is 23.1 Å². The van der Waals surface area contributed by atoms with Gasteiger partial charge in [0.15, 0.2) is 14.6 Å². The molecule has 1 aromatic heterocycles. The van der Waals surface area contributed by atoms with Crippen LogP contribution in [0.4, 0.5) is 0 Å². The van der Waals surface area contributed by atoms with Crippen LogP contribution in [0.25, 0.3) is 11.0 Å². The summed E-state index contributed by atoms with van der Waals surface area (Å²) >= 11 is 5.00. The molecule has 0 amide bonds. The lowest BCUT2D eigenvalue weighted by Gasteiger charge is -2.01. The van der Waals surface area contributed by atoms with Crippen molar-refractivity contribution in [1.82, 2.24) is 9.55 Å². The first-order valence-corrected chi connectivity index (χ1v) is 7.23. The van der Waals surface area contributed by atoms with Gasteiger partial charge in [-0.3, -0.25) is 4.79 Å². The number of benzene rings is 1. The van der Waals surface area contributed by atoms with Crippen LogP contribution >= 0.6 is 12.2 Å². The van der Waals surface area contributed by atoms with Crippen LogP contribution in [0.3, 0.4) is 0 Å². The molecule has 0 atom stereocenters. The maximum Gasteiger partial charge on any atom is 0.323 e. The molecule has 2 N–H and O–H groups in total. The molecule has 0 saturated heterocycles. The maximum atomic E-state index is 11.4. The van der Waals surface area contributed by atoms with Gasteiger partial charge >= 0.3 is 5.97 Å². The third kappa shape index (κ3) is 2.29. The monoisotopic (exact) mass is 286 g/mol. The van der Waals surface area contributed by atoms with Crippen molar-refractivity contribution in [2.24, 2.45) is 0 Å². The summed E-state index contributed by atoms with van der Waals surface area (Å²) in [5.74, 6) is -1.01. The number of hydrogen-bond donors (Lipinski definition) is 2.